The molecule has 6 heteroatoms. The lowest BCUT2D eigenvalue weighted by Gasteiger charge is -2.08. The molecule has 0 saturated heterocycles. The Balaban J connectivity index is 2.20. The van der Waals surface area contributed by atoms with Gasteiger partial charge in [-0.25, -0.2) is 9.97 Å². The molecule has 0 bridgehead atoms. The Morgan fingerprint density at radius 2 is 2.04 bits per heavy atom. The van der Waals surface area contributed by atoms with Crippen molar-refractivity contribution in [2.75, 3.05) is 19.5 Å². The zero-order chi connectivity index (χ0) is 19.9. The largest absolute Gasteiger partial charge is 0.497 e. The van der Waals surface area contributed by atoms with E-state index in [0.717, 1.165) is 27.7 Å². The lowest BCUT2D eigenvalue weighted by Crippen LogP contribution is -2.32. The summed E-state index contributed by atoms with van der Waals surface area (Å²) in [7, 11) is 3.48. The van der Waals surface area contributed by atoms with Crippen molar-refractivity contribution in [1.29, 1.82) is 0 Å². The highest BCUT2D eigenvalue weighted by Crippen LogP contribution is 2.21. The molecule has 142 valence electrons. The minimum absolute atomic E-state index is 0.560. The molecule has 3 rings (SSSR count). The maximum atomic E-state index is 6.12. The number of nitrogens with zero attached hydrogens (tertiary/aromatic N) is 3. The van der Waals surface area contributed by atoms with Crippen LogP contribution in [-0.2, 0) is 0 Å². The van der Waals surface area contributed by atoms with E-state index >= 15 is 0 Å². The number of hydrogen-bond acceptors (Lipinski definition) is 5. The predicted molar refractivity (Wildman–Crippen MR) is 115 cm³/mol. The SMILES string of the molecule is C\C=C(/C=c1/c(NC)nc(-c2cccnc2)n/c1=C\Cl)c1cccc(OC)c1. The number of ether oxygens (including phenoxy) is 1. The van der Waals surface area contributed by atoms with Crippen molar-refractivity contribution in [3.05, 3.63) is 71.0 Å². The van der Waals surface area contributed by atoms with Crippen LogP contribution in [0.2, 0.25) is 0 Å². The molecule has 3 aromatic rings. The van der Waals surface area contributed by atoms with Gasteiger partial charge >= 0.3 is 0 Å². The Bertz CT molecular complexity index is 1110. The number of anilines is 1. The summed E-state index contributed by atoms with van der Waals surface area (Å²) in [6, 6.07) is 11.7. The second kappa shape index (κ2) is 9.15. The van der Waals surface area contributed by atoms with E-state index in [1.807, 2.05) is 62.5 Å². The second-order valence-electron chi connectivity index (χ2n) is 5.92. The summed E-state index contributed by atoms with van der Waals surface area (Å²) < 4.78 is 5.34. The van der Waals surface area contributed by atoms with E-state index in [9.17, 15) is 0 Å². The lowest BCUT2D eigenvalue weighted by atomic mass is 10.0. The molecule has 28 heavy (non-hydrogen) atoms. The first-order valence-electron chi connectivity index (χ1n) is 8.79. The molecule has 0 unspecified atom stereocenters. The highest BCUT2D eigenvalue weighted by Gasteiger charge is 2.08. The van der Waals surface area contributed by atoms with Gasteiger partial charge in [0.2, 0.25) is 0 Å². The van der Waals surface area contributed by atoms with Crippen molar-refractivity contribution in [1.82, 2.24) is 15.0 Å². The van der Waals surface area contributed by atoms with Crippen LogP contribution in [0.5, 0.6) is 5.75 Å². The number of pyridine rings is 1. The van der Waals surface area contributed by atoms with Crippen LogP contribution in [0.25, 0.3) is 28.6 Å². The first kappa shape index (κ1) is 19.6. The van der Waals surface area contributed by atoms with Gasteiger partial charge in [-0.3, -0.25) is 4.98 Å². The minimum atomic E-state index is 0.560. The standard InChI is InChI=1S/C22H21ClN4O/c1-4-15(16-7-5-9-18(11-16)28-3)12-19-20(13-23)26-21(27-22(19)24-2)17-8-6-10-25-14-17/h4-14H,1-3H3,(H,24,26,27)/b15-4+,19-12+,20-13-. The van der Waals surface area contributed by atoms with Gasteiger partial charge in [-0.2, -0.15) is 0 Å². The van der Waals surface area contributed by atoms with Crippen molar-refractivity contribution in [2.45, 2.75) is 6.92 Å². The normalized spacial score (nSPS) is 12.9. The summed E-state index contributed by atoms with van der Waals surface area (Å²) in [6.45, 7) is 1.99. The van der Waals surface area contributed by atoms with Crippen molar-refractivity contribution in [2.24, 2.45) is 0 Å². The van der Waals surface area contributed by atoms with E-state index in [0.29, 0.717) is 17.0 Å². The summed E-state index contributed by atoms with van der Waals surface area (Å²) in [5, 5.41) is 4.58. The minimum Gasteiger partial charge on any atom is -0.497 e. The first-order chi connectivity index (χ1) is 13.7. The Hall–Kier alpha value is -3.18. The molecule has 0 fully saturated rings. The van der Waals surface area contributed by atoms with Crippen molar-refractivity contribution in [3.63, 3.8) is 0 Å². The zero-order valence-electron chi connectivity index (χ0n) is 16.0. The molecule has 2 heterocycles. The number of allylic oxidation sites excluding steroid dienone is 2. The highest BCUT2D eigenvalue weighted by atomic mass is 35.5. The number of nitrogens with one attached hydrogen (secondary N) is 1. The molecule has 1 N–H and O–H groups in total. The maximum absolute atomic E-state index is 6.12. The third kappa shape index (κ3) is 4.21. The van der Waals surface area contributed by atoms with Gasteiger partial charge in [-0.05, 0) is 48.4 Å². The molecule has 0 saturated carbocycles. The van der Waals surface area contributed by atoms with Gasteiger partial charge in [-0.1, -0.05) is 29.8 Å². The average Bonchev–Trinajstić information content (AvgIpc) is 2.77. The van der Waals surface area contributed by atoms with E-state index in [1.54, 1.807) is 19.5 Å². The Morgan fingerprint density at radius 1 is 1.18 bits per heavy atom. The summed E-state index contributed by atoms with van der Waals surface area (Å²) in [5.41, 5.74) is 4.32. The summed E-state index contributed by atoms with van der Waals surface area (Å²) >= 11 is 6.12. The van der Waals surface area contributed by atoms with Crippen LogP contribution < -0.4 is 20.6 Å². The van der Waals surface area contributed by atoms with Crippen LogP contribution in [0.3, 0.4) is 0 Å². The molecular formula is C22H21ClN4O. The predicted octanol–water partition coefficient (Wildman–Crippen LogP) is 3.45. The number of aromatic nitrogens is 3. The van der Waals surface area contributed by atoms with Crippen LogP contribution in [0.1, 0.15) is 12.5 Å². The van der Waals surface area contributed by atoms with Crippen LogP contribution in [0, 0.1) is 0 Å². The fourth-order valence-electron chi connectivity index (χ4n) is 2.82. The van der Waals surface area contributed by atoms with Crippen LogP contribution >= 0.6 is 11.6 Å². The molecule has 0 atom stereocenters. The van der Waals surface area contributed by atoms with Gasteiger partial charge < -0.3 is 10.1 Å². The Morgan fingerprint density at radius 3 is 2.68 bits per heavy atom. The van der Waals surface area contributed by atoms with Crippen molar-refractivity contribution < 1.29 is 4.74 Å². The lowest BCUT2D eigenvalue weighted by molar-refractivity contribution is 0.414. The topological polar surface area (TPSA) is 59.9 Å². The van der Waals surface area contributed by atoms with Gasteiger partial charge in [0.15, 0.2) is 5.82 Å². The molecular weight excluding hydrogens is 372 g/mol. The number of benzene rings is 1. The first-order valence-corrected chi connectivity index (χ1v) is 9.23. The summed E-state index contributed by atoms with van der Waals surface area (Å²) in [4.78, 5) is 13.4. The zero-order valence-corrected chi connectivity index (χ0v) is 16.7. The third-order valence-electron chi connectivity index (χ3n) is 4.25. The number of hydrogen-bond donors (Lipinski definition) is 1. The molecule has 1 aromatic carbocycles. The Labute approximate surface area is 169 Å². The molecule has 0 aliphatic rings. The molecule has 0 amide bonds. The second-order valence-corrected chi connectivity index (χ2v) is 6.13. The van der Waals surface area contributed by atoms with E-state index in [-0.39, 0.29) is 0 Å². The van der Waals surface area contributed by atoms with Gasteiger partial charge in [0, 0.05) is 35.8 Å². The number of halogens is 1. The fraction of sp³-hybridized carbons (Fsp3) is 0.136. The van der Waals surface area contributed by atoms with Gasteiger partial charge in [0.25, 0.3) is 0 Å². The molecule has 0 radical (unpaired) electrons. The molecule has 5 nitrogen and oxygen atoms in total. The summed E-state index contributed by atoms with van der Waals surface area (Å²) in [6.07, 6.45) is 7.48. The third-order valence-corrected chi connectivity index (χ3v) is 4.46. The fourth-order valence-corrected chi connectivity index (χ4v) is 2.98. The number of methoxy groups -OCH3 is 1. The monoisotopic (exact) mass is 392 g/mol. The van der Waals surface area contributed by atoms with E-state index < -0.39 is 0 Å². The smallest absolute Gasteiger partial charge is 0.163 e. The van der Waals surface area contributed by atoms with Crippen LogP contribution in [-0.4, -0.2) is 29.1 Å². The summed E-state index contributed by atoms with van der Waals surface area (Å²) in [5.74, 6) is 2.04. The Kier molecular flexibility index (Phi) is 6.40. The van der Waals surface area contributed by atoms with E-state index in [4.69, 9.17) is 16.3 Å². The van der Waals surface area contributed by atoms with E-state index in [1.165, 1.54) is 5.54 Å². The van der Waals surface area contributed by atoms with Crippen LogP contribution in [0.15, 0.2) is 54.9 Å². The number of rotatable bonds is 5. The average molecular weight is 393 g/mol. The molecule has 0 aliphatic carbocycles. The highest BCUT2D eigenvalue weighted by molar-refractivity contribution is 6.38. The van der Waals surface area contributed by atoms with Gasteiger partial charge in [0.1, 0.15) is 11.6 Å². The molecule has 0 aliphatic heterocycles. The van der Waals surface area contributed by atoms with Gasteiger partial charge in [0.05, 0.1) is 12.5 Å². The van der Waals surface area contributed by atoms with E-state index in [2.05, 4.69) is 20.3 Å². The maximum Gasteiger partial charge on any atom is 0.163 e. The van der Waals surface area contributed by atoms with Crippen molar-refractivity contribution in [3.8, 4) is 17.1 Å². The quantitative estimate of drug-likeness (QED) is 0.720. The van der Waals surface area contributed by atoms with Gasteiger partial charge in [-0.15, -0.1) is 0 Å². The van der Waals surface area contributed by atoms with Crippen LogP contribution in [0.4, 0.5) is 5.82 Å². The molecule has 0 spiro atoms. The van der Waals surface area contributed by atoms with Crippen molar-refractivity contribution >= 4 is 34.6 Å². The molecule has 2 aromatic heterocycles.